The molecule has 0 unspecified atom stereocenters. The summed E-state index contributed by atoms with van der Waals surface area (Å²) < 4.78 is 4.39. The maximum absolute atomic E-state index is 11.3. The second kappa shape index (κ2) is 6.75. The average molecular weight is 257 g/mol. The molecular weight excluding hydrogens is 244 g/mol. The largest absolute Gasteiger partial charge is 0.468 e. The minimum Gasteiger partial charge on any atom is -0.468 e. The number of benzene rings is 1. The van der Waals surface area contributed by atoms with Crippen LogP contribution in [-0.4, -0.2) is 32.1 Å². The molecular formula is C11H13ClN2O3. The van der Waals surface area contributed by atoms with E-state index in [1.807, 2.05) is 0 Å². The standard InChI is InChI=1S/C11H13ClN2O3/c1-17-11(16)7-14-10(15)6-13-9-5-3-2-4-8(9)12/h2-5,13H,6-7H2,1H3,(H,14,15). The molecule has 0 bridgehead atoms. The topological polar surface area (TPSA) is 67.4 Å². The first-order valence-electron chi connectivity index (χ1n) is 4.95. The van der Waals surface area contributed by atoms with Crippen molar-refractivity contribution in [3.63, 3.8) is 0 Å². The molecule has 0 fully saturated rings. The van der Waals surface area contributed by atoms with E-state index < -0.39 is 5.97 Å². The van der Waals surface area contributed by atoms with Crippen LogP contribution in [0.1, 0.15) is 0 Å². The van der Waals surface area contributed by atoms with Gasteiger partial charge in [-0.3, -0.25) is 9.59 Å². The van der Waals surface area contributed by atoms with Gasteiger partial charge in [-0.15, -0.1) is 0 Å². The molecule has 92 valence electrons. The SMILES string of the molecule is COC(=O)CNC(=O)CNc1ccccc1Cl. The van der Waals surface area contributed by atoms with Gasteiger partial charge >= 0.3 is 5.97 Å². The van der Waals surface area contributed by atoms with Crippen LogP contribution in [0.25, 0.3) is 0 Å². The molecule has 5 nitrogen and oxygen atoms in total. The first-order chi connectivity index (χ1) is 8.13. The van der Waals surface area contributed by atoms with Crippen LogP contribution in [0.3, 0.4) is 0 Å². The Morgan fingerprint density at radius 2 is 2.00 bits per heavy atom. The quantitative estimate of drug-likeness (QED) is 0.773. The van der Waals surface area contributed by atoms with Gasteiger partial charge in [-0.05, 0) is 12.1 Å². The van der Waals surface area contributed by atoms with Gasteiger partial charge in [0.2, 0.25) is 5.91 Å². The molecule has 1 rings (SSSR count). The molecule has 2 N–H and O–H groups in total. The molecule has 1 aromatic carbocycles. The Bertz CT molecular complexity index is 409. The van der Waals surface area contributed by atoms with Gasteiger partial charge < -0.3 is 15.4 Å². The normalized spacial score (nSPS) is 9.53. The van der Waals surface area contributed by atoms with Gasteiger partial charge in [0, 0.05) is 0 Å². The number of rotatable bonds is 5. The molecule has 0 spiro atoms. The zero-order valence-corrected chi connectivity index (χ0v) is 10.1. The van der Waals surface area contributed by atoms with Crippen LogP contribution in [0.4, 0.5) is 5.69 Å². The van der Waals surface area contributed by atoms with E-state index in [1.54, 1.807) is 24.3 Å². The van der Waals surface area contributed by atoms with E-state index in [0.717, 1.165) is 0 Å². The second-order valence-corrected chi connectivity index (χ2v) is 3.59. The lowest BCUT2D eigenvalue weighted by Gasteiger charge is -2.08. The number of nitrogens with one attached hydrogen (secondary N) is 2. The number of amides is 1. The lowest BCUT2D eigenvalue weighted by molar-refractivity contribution is -0.140. The second-order valence-electron chi connectivity index (χ2n) is 3.19. The predicted octanol–water partition coefficient (Wildman–Crippen LogP) is 1.04. The van der Waals surface area contributed by atoms with Crippen molar-refractivity contribution in [1.82, 2.24) is 5.32 Å². The maximum atomic E-state index is 11.3. The molecule has 0 heterocycles. The highest BCUT2D eigenvalue weighted by Gasteiger charge is 2.05. The Kier molecular flexibility index (Phi) is 5.29. The van der Waals surface area contributed by atoms with Crippen molar-refractivity contribution in [2.24, 2.45) is 0 Å². The number of anilines is 1. The van der Waals surface area contributed by atoms with E-state index in [1.165, 1.54) is 7.11 Å². The van der Waals surface area contributed by atoms with E-state index in [-0.39, 0.29) is 19.0 Å². The van der Waals surface area contributed by atoms with Gasteiger partial charge in [-0.25, -0.2) is 0 Å². The van der Waals surface area contributed by atoms with Crippen LogP contribution in [0, 0.1) is 0 Å². The van der Waals surface area contributed by atoms with Crippen molar-refractivity contribution in [3.05, 3.63) is 29.3 Å². The predicted molar refractivity (Wildman–Crippen MR) is 65.0 cm³/mol. The van der Waals surface area contributed by atoms with E-state index in [0.29, 0.717) is 10.7 Å². The van der Waals surface area contributed by atoms with E-state index in [4.69, 9.17) is 11.6 Å². The molecule has 17 heavy (non-hydrogen) atoms. The van der Waals surface area contributed by atoms with Gasteiger partial charge in [0.05, 0.1) is 24.4 Å². The summed E-state index contributed by atoms with van der Waals surface area (Å²) in [6, 6.07) is 7.08. The molecule has 0 aliphatic heterocycles. The molecule has 0 aliphatic rings. The highest BCUT2D eigenvalue weighted by atomic mass is 35.5. The fourth-order valence-electron chi connectivity index (χ4n) is 1.09. The van der Waals surface area contributed by atoms with Crippen molar-refractivity contribution < 1.29 is 14.3 Å². The van der Waals surface area contributed by atoms with Gasteiger partial charge in [-0.1, -0.05) is 23.7 Å². The molecule has 6 heteroatoms. The number of carbonyl (C=O) groups is 2. The van der Waals surface area contributed by atoms with Gasteiger partial charge in [0.25, 0.3) is 0 Å². The van der Waals surface area contributed by atoms with Crippen LogP contribution in [0.2, 0.25) is 5.02 Å². The maximum Gasteiger partial charge on any atom is 0.325 e. The number of ether oxygens (including phenoxy) is 1. The summed E-state index contributed by atoms with van der Waals surface area (Å²) in [7, 11) is 1.26. The van der Waals surface area contributed by atoms with Crippen molar-refractivity contribution in [3.8, 4) is 0 Å². The molecule has 1 amide bonds. The Labute approximate surface area is 104 Å². The number of para-hydroxylation sites is 1. The number of hydrogen-bond donors (Lipinski definition) is 2. The van der Waals surface area contributed by atoms with Crippen molar-refractivity contribution in [1.29, 1.82) is 0 Å². The zero-order valence-electron chi connectivity index (χ0n) is 9.33. The van der Waals surface area contributed by atoms with Crippen LogP contribution in [0.15, 0.2) is 24.3 Å². The number of halogens is 1. The summed E-state index contributed by atoms with van der Waals surface area (Å²) in [5.74, 6) is -0.800. The number of methoxy groups -OCH3 is 1. The Balaban J connectivity index is 2.34. The Morgan fingerprint density at radius 1 is 1.29 bits per heavy atom. The smallest absolute Gasteiger partial charge is 0.325 e. The minimum absolute atomic E-state index is 0.0424. The van der Waals surface area contributed by atoms with Gasteiger partial charge in [-0.2, -0.15) is 0 Å². The third-order valence-electron chi connectivity index (χ3n) is 1.97. The molecule has 0 saturated carbocycles. The monoisotopic (exact) mass is 256 g/mol. The fraction of sp³-hybridized carbons (Fsp3) is 0.273. The third kappa shape index (κ3) is 4.74. The molecule has 0 saturated heterocycles. The fourth-order valence-corrected chi connectivity index (χ4v) is 1.29. The van der Waals surface area contributed by atoms with Gasteiger partial charge in [0.1, 0.15) is 6.54 Å². The summed E-state index contributed by atoms with van der Waals surface area (Å²) in [6.07, 6.45) is 0. The molecule has 1 aromatic rings. The third-order valence-corrected chi connectivity index (χ3v) is 2.30. The minimum atomic E-state index is -0.490. The Hall–Kier alpha value is -1.75. The summed E-state index contributed by atoms with van der Waals surface area (Å²) in [5.41, 5.74) is 0.669. The molecule has 0 aliphatic carbocycles. The number of hydrogen-bond acceptors (Lipinski definition) is 4. The first-order valence-corrected chi connectivity index (χ1v) is 5.33. The highest BCUT2D eigenvalue weighted by molar-refractivity contribution is 6.33. The van der Waals surface area contributed by atoms with Crippen molar-refractivity contribution >= 4 is 29.2 Å². The van der Waals surface area contributed by atoms with E-state index in [9.17, 15) is 9.59 Å². The molecule has 0 aromatic heterocycles. The van der Waals surface area contributed by atoms with Crippen molar-refractivity contribution in [2.75, 3.05) is 25.5 Å². The van der Waals surface area contributed by atoms with Crippen molar-refractivity contribution in [2.45, 2.75) is 0 Å². The zero-order chi connectivity index (χ0) is 12.7. The van der Waals surface area contributed by atoms with Crippen LogP contribution in [0.5, 0.6) is 0 Å². The lowest BCUT2D eigenvalue weighted by Crippen LogP contribution is -2.34. The molecule has 0 atom stereocenters. The van der Waals surface area contributed by atoms with Gasteiger partial charge in [0.15, 0.2) is 0 Å². The summed E-state index contributed by atoms with van der Waals surface area (Å²) >= 11 is 5.89. The highest BCUT2D eigenvalue weighted by Crippen LogP contribution is 2.19. The molecule has 0 radical (unpaired) electrons. The summed E-state index contributed by atoms with van der Waals surface area (Å²) in [4.78, 5) is 22.1. The summed E-state index contributed by atoms with van der Waals surface area (Å²) in [5, 5.41) is 5.80. The Morgan fingerprint density at radius 3 is 2.65 bits per heavy atom. The van der Waals surface area contributed by atoms with Crippen LogP contribution in [-0.2, 0) is 14.3 Å². The summed E-state index contributed by atoms with van der Waals surface area (Å²) in [6.45, 7) is -0.0970. The number of carbonyl (C=O) groups excluding carboxylic acids is 2. The number of esters is 1. The first kappa shape index (κ1) is 13.3. The van der Waals surface area contributed by atoms with E-state index >= 15 is 0 Å². The average Bonchev–Trinajstić information content (AvgIpc) is 2.35. The van der Waals surface area contributed by atoms with E-state index in [2.05, 4.69) is 15.4 Å². The van der Waals surface area contributed by atoms with Crippen LogP contribution >= 0.6 is 11.6 Å². The lowest BCUT2D eigenvalue weighted by atomic mass is 10.3. The van der Waals surface area contributed by atoms with Crippen LogP contribution < -0.4 is 10.6 Å².